The van der Waals surface area contributed by atoms with Crippen LogP contribution in [0.25, 0.3) is 0 Å². The number of nitrogens with one attached hydrogen (secondary N) is 1. The minimum absolute atomic E-state index is 0.157. The molecular formula is C16H13ClN2O. The van der Waals surface area contributed by atoms with Crippen molar-refractivity contribution in [3.63, 3.8) is 0 Å². The van der Waals surface area contributed by atoms with Crippen LogP contribution < -0.4 is 5.32 Å². The first kappa shape index (κ1) is 14.1. The van der Waals surface area contributed by atoms with E-state index in [-0.39, 0.29) is 12.3 Å². The summed E-state index contributed by atoms with van der Waals surface area (Å²) in [6.45, 7) is 0. The van der Waals surface area contributed by atoms with Crippen LogP contribution in [-0.4, -0.2) is 5.91 Å². The Morgan fingerprint density at radius 1 is 1.15 bits per heavy atom. The van der Waals surface area contributed by atoms with Crippen molar-refractivity contribution in [2.45, 2.75) is 12.5 Å². The van der Waals surface area contributed by atoms with Crippen molar-refractivity contribution in [1.29, 1.82) is 5.26 Å². The normalized spacial score (nSPS) is 11.4. The molecule has 2 aromatic carbocycles. The fourth-order valence-electron chi connectivity index (χ4n) is 1.86. The van der Waals surface area contributed by atoms with Gasteiger partial charge in [0, 0.05) is 5.02 Å². The summed E-state index contributed by atoms with van der Waals surface area (Å²) in [6.07, 6.45) is 0.157. The van der Waals surface area contributed by atoms with Gasteiger partial charge in [-0.2, -0.15) is 5.26 Å². The Labute approximate surface area is 122 Å². The maximum Gasteiger partial charge on any atom is 0.225 e. The first-order valence-corrected chi connectivity index (χ1v) is 6.56. The van der Waals surface area contributed by atoms with Crippen LogP contribution >= 0.6 is 11.6 Å². The maximum atomic E-state index is 12.0. The van der Waals surface area contributed by atoms with E-state index >= 15 is 0 Å². The van der Waals surface area contributed by atoms with Crippen LogP contribution in [0.3, 0.4) is 0 Å². The average molecular weight is 285 g/mol. The number of nitrogens with zero attached hydrogens (tertiary/aromatic N) is 1. The molecule has 0 fully saturated rings. The standard InChI is InChI=1S/C16H13ClN2O/c17-14-9-5-4-8-13(14)10-16(20)19-15(11-18)12-6-2-1-3-7-12/h1-9,15H,10H2,(H,19,20). The van der Waals surface area contributed by atoms with Gasteiger partial charge >= 0.3 is 0 Å². The number of rotatable bonds is 4. The summed E-state index contributed by atoms with van der Waals surface area (Å²) >= 11 is 6.01. The summed E-state index contributed by atoms with van der Waals surface area (Å²) in [7, 11) is 0. The number of halogens is 1. The summed E-state index contributed by atoms with van der Waals surface area (Å²) in [6, 6.07) is 17.8. The van der Waals surface area contributed by atoms with Crippen molar-refractivity contribution in [3.05, 3.63) is 70.7 Å². The van der Waals surface area contributed by atoms with E-state index in [1.165, 1.54) is 0 Å². The summed E-state index contributed by atoms with van der Waals surface area (Å²) < 4.78 is 0. The van der Waals surface area contributed by atoms with Gasteiger partial charge in [-0.25, -0.2) is 0 Å². The molecule has 2 rings (SSSR count). The Balaban J connectivity index is 2.04. The fourth-order valence-corrected chi connectivity index (χ4v) is 2.06. The number of hydrogen-bond donors (Lipinski definition) is 1. The second-order valence-corrected chi connectivity index (χ2v) is 4.72. The van der Waals surface area contributed by atoms with Gasteiger partial charge in [0.1, 0.15) is 6.04 Å². The molecule has 0 heterocycles. The highest BCUT2D eigenvalue weighted by Crippen LogP contribution is 2.16. The molecule has 0 aromatic heterocycles. The lowest BCUT2D eigenvalue weighted by molar-refractivity contribution is -0.120. The van der Waals surface area contributed by atoms with Gasteiger partial charge in [-0.05, 0) is 17.2 Å². The second-order valence-electron chi connectivity index (χ2n) is 4.31. The zero-order valence-electron chi connectivity index (χ0n) is 10.7. The zero-order chi connectivity index (χ0) is 14.4. The molecule has 1 unspecified atom stereocenters. The molecule has 1 atom stereocenters. The third kappa shape index (κ3) is 3.59. The molecule has 0 bridgehead atoms. The van der Waals surface area contributed by atoms with Gasteiger partial charge in [0.05, 0.1) is 12.5 Å². The smallest absolute Gasteiger partial charge is 0.225 e. The van der Waals surface area contributed by atoms with Crippen LogP contribution in [0.1, 0.15) is 17.2 Å². The number of benzene rings is 2. The summed E-state index contributed by atoms with van der Waals surface area (Å²) in [5, 5.41) is 12.4. The molecule has 0 saturated carbocycles. The van der Waals surface area contributed by atoms with Gasteiger partial charge in [-0.3, -0.25) is 4.79 Å². The van der Waals surface area contributed by atoms with Gasteiger partial charge in [-0.15, -0.1) is 0 Å². The number of amides is 1. The molecule has 1 amide bonds. The van der Waals surface area contributed by atoms with E-state index in [0.29, 0.717) is 5.02 Å². The van der Waals surface area contributed by atoms with E-state index in [4.69, 9.17) is 16.9 Å². The molecule has 0 aliphatic carbocycles. The van der Waals surface area contributed by atoms with Gasteiger partial charge in [0.15, 0.2) is 0 Å². The van der Waals surface area contributed by atoms with Gasteiger partial charge < -0.3 is 5.32 Å². The SMILES string of the molecule is N#CC(NC(=O)Cc1ccccc1Cl)c1ccccc1. The monoisotopic (exact) mass is 284 g/mol. The molecule has 20 heavy (non-hydrogen) atoms. The van der Waals surface area contributed by atoms with Crippen molar-refractivity contribution < 1.29 is 4.79 Å². The number of carbonyl (C=O) groups is 1. The Kier molecular flexibility index (Phi) is 4.75. The van der Waals surface area contributed by atoms with E-state index in [1.807, 2.05) is 42.5 Å². The van der Waals surface area contributed by atoms with Crippen LogP contribution in [0.15, 0.2) is 54.6 Å². The highest BCUT2D eigenvalue weighted by molar-refractivity contribution is 6.31. The number of nitriles is 1. The van der Waals surface area contributed by atoms with Crippen molar-refractivity contribution in [3.8, 4) is 6.07 Å². The lowest BCUT2D eigenvalue weighted by atomic mass is 10.1. The topological polar surface area (TPSA) is 52.9 Å². The average Bonchev–Trinajstić information content (AvgIpc) is 2.48. The minimum Gasteiger partial charge on any atom is -0.336 e. The minimum atomic E-state index is -0.647. The molecule has 100 valence electrons. The summed E-state index contributed by atoms with van der Waals surface area (Å²) in [4.78, 5) is 12.0. The number of carbonyl (C=O) groups excluding carboxylic acids is 1. The van der Waals surface area contributed by atoms with E-state index in [2.05, 4.69) is 11.4 Å². The fraction of sp³-hybridized carbons (Fsp3) is 0.125. The predicted octanol–water partition coefficient (Wildman–Crippen LogP) is 3.26. The molecule has 0 radical (unpaired) electrons. The van der Waals surface area contributed by atoms with Gasteiger partial charge in [0.25, 0.3) is 0 Å². The van der Waals surface area contributed by atoms with E-state index in [9.17, 15) is 4.79 Å². The second kappa shape index (κ2) is 6.74. The van der Waals surface area contributed by atoms with Crippen molar-refractivity contribution in [2.24, 2.45) is 0 Å². The third-order valence-electron chi connectivity index (χ3n) is 2.88. The number of hydrogen-bond acceptors (Lipinski definition) is 2. The van der Waals surface area contributed by atoms with Crippen molar-refractivity contribution in [2.75, 3.05) is 0 Å². The molecule has 0 spiro atoms. The Morgan fingerprint density at radius 2 is 1.80 bits per heavy atom. The molecule has 4 heteroatoms. The van der Waals surface area contributed by atoms with E-state index in [1.54, 1.807) is 12.1 Å². The van der Waals surface area contributed by atoms with Crippen LogP contribution in [0, 0.1) is 11.3 Å². The highest BCUT2D eigenvalue weighted by atomic mass is 35.5. The van der Waals surface area contributed by atoms with Gasteiger partial charge in [-0.1, -0.05) is 60.1 Å². The van der Waals surface area contributed by atoms with Crippen LogP contribution in [0.2, 0.25) is 5.02 Å². The first-order chi connectivity index (χ1) is 9.70. The summed E-state index contributed by atoms with van der Waals surface area (Å²) in [5.74, 6) is -0.228. The maximum absolute atomic E-state index is 12.0. The highest BCUT2D eigenvalue weighted by Gasteiger charge is 2.14. The first-order valence-electron chi connectivity index (χ1n) is 6.18. The van der Waals surface area contributed by atoms with Crippen LogP contribution in [-0.2, 0) is 11.2 Å². The van der Waals surface area contributed by atoms with E-state index < -0.39 is 6.04 Å². The third-order valence-corrected chi connectivity index (χ3v) is 3.24. The lowest BCUT2D eigenvalue weighted by Crippen LogP contribution is -2.29. The summed E-state index contributed by atoms with van der Waals surface area (Å²) in [5.41, 5.74) is 1.51. The molecule has 1 N–H and O–H groups in total. The molecule has 0 aliphatic heterocycles. The van der Waals surface area contributed by atoms with Crippen molar-refractivity contribution >= 4 is 17.5 Å². The molecule has 0 aliphatic rings. The van der Waals surface area contributed by atoms with E-state index in [0.717, 1.165) is 11.1 Å². The largest absolute Gasteiger partial charge is 0.336 e. The Bertz CT molecular complexity index is 634. The van der Waals surface area contributed by atoms with Crippen molar-refractivity contribution in [1.82, 2.24) is 5.32 Å². The lowest BCUT2D eigenvalue weighted by Gasteiger charge is -2.12. The quantitative estimate of drug-likeness (QED) is 0.937. The Morgan fingerprint density at radius 3 is 2.45 bits per heavy atom. The molecule has 2 aromatic rings. The molecule has 0 saturated heterocycles. The zero-order valence-corrected chi connectivity index (χ0v) is 11.5. The van der Waals surface area contributed by atoms with Crippen LogP contribution in [0.5, 0.6) is 0 Å². The molecule has 3 nitrogen and oxygen atoms in total. The van der Waals surface area contributed by atoms with Crippen LogP contribution in [0.4, 0.5) is 0 Å². The molecular weight excluding hydrogens is 272 g/mol. The Hall–Kier alpha value is -2.31. The van der Waals surface area contributed by atoms with Gasteiger partial charge in [0.2, 0.25) is 5.91 Å². The predicted molar refractivity (Wildman–Crippen MR) is 78.1 cm³/mol.